The molecule has 0 aliphatic carbocycles. The van der Waals surface area contributed by atoms with Crippen molar-refractivity contribution in [1.82, 2.24) is 0 Å². The molecule has 6 heteroatoms. The highest BCUT2D eigenvalue weighted by molar-refractivity contribution is 7.92. The molecule has 5 nitrogen and oxygen atoms in total. The van der Waals surface area contributed by atoms with E-state index in [1.807, 2.05) is 0 Å². The number of ether oxygens (including phenoxy) is 2. The van der Waals surface area contributed by atoms with Crippen LogP contribution < -0.4 is 4.74 Å². The minimum absolute atomic E-state index is 0.00643. The van der Waals surface area contributed by atoms with E-state index in [-0.39, 0.29) is 17.3 Å². The minimum atomic E-state index is -3.80. The molecule has 0 saturated carbocycles. The van der Waals surface area contributed by atoms with Gasteiger partial charge in [0, 0.05) is 0 Å². The molecular formula is C12H16O5S. The predicted octanol–water partition coefficient (Wildman–Crippen LogP) is 1.42. The molecule has 0 saturated heterocycles. The monoisotopic (exact) mass is 272 g/mol. The van der Waals surface area contributed by atoms with Gasteiger partial charge < -0.3 is 9.47 Å². The Bertz CT molecular complexity index is 521. The van der Waals surface area contributed by atoms with E-state index in [2.05, 4.69) is 0 Å². The molecule has 0 aliphatic heterocycles. The Kier molecular flexibility index (Phi) is 4.72. The lowest BCUT2D eigenvalue weighted by molar-refractivity contribution is -0.142. The lowest BCUT2D eigenvalue weighted by Gasteiger charge is -2.14. The zero-order valence-corrected chi connectivity index (χ0v) is 11.4. The Hall–Kier alpha value is -1.56. The minimum Gasteiger partial charge on any atom is -0.495 e. The van der Waals surface area contributed by atoms with Gasteiger partial charge in [-0.1, -0.05) is 12.1 Å². The van der Waals surface area contributed by atoms with Gasteiger partial charge in [0.1, 0.15) is 10.6 Å². The van der Waals surface area contributed by atoms with Gasteiger partial charge in [0.05, 0.1) is 13.7 Å². The molecule has 0 spiro atoms. The van der Waals surface area contributed by atoms with Crippen LogP contribution in [0.3, 0.4) is 0 Å². The molecule has 100 valence electrons. The van der Waals surface area contributed by atoms with Crippen molar-refractivity contribution in [1.29, 1.82) is 0 Å². The van der Waals surface area contributed by atoms with Crippen LogP contribution in [0, 0.1) is 0 Å². The summed E-state index contributed by atoms with van der Waals surface area (Å²) in [6.45, 7) is 3.07. The Balaban J connectivity index is 3.17. The number of benzene rings is 1. The molecule has 18 heavy (non-hydrogen) atoms. The maximum Gasteiger partial charge on any atom is 0.324 e. The van der Waals surface area contributed by atoms with Crippen LogP contribution in [-0.2, 0) is 19.4 Å². The highest BCUT2D eigenvalue weighted by Crippen LogP contribution is 2.26. The van der Waals surface area contributed by atoms with Gasteiger partial charge in [-0.2, -0.15) is 0 Å². The van der Waals surface area contributed by atoms with Crippen LogP contribution in [-0.4, -0.2) is 33.4 Å². The van der Waals surface area contributed by atoms with E-state index in [9.17, 15) is 13.2 Å². The molecule has 0 N–H and O–H groups in total. The molecule has 0 bridgehead atoms. The molecule has 0 fully saturated rings. The molecule has 1 atom stereocenters. The fourth-order valence-corrected chi connectivity index (χ4v) is 2.83. The first-order chi connectivity index (χ1) is 8.45. The Morgan fingerprint density at radius 2 is 1.94 bits per heavy atom. The molecule has 0 aromatic heterocycles. The molecular weight excluding hydrogens is 256 g/mol. The third-order valence-electron chi connectivity index (χ3n) is 2.46. The molecule has 0 radical (unpaired) electrons. The van der Waals surface area contributed by atoms with Crippen LogP contribution in [0.4, 0.5) is 0 Å². The summed E-state index contributed by atoms with van der Waals surface area (Å²) in [5.41, 5.74) is 0. The average molecular weight is 272 g/mol. The quantitative estimate of drug-likeness (QED) is 0.758. The number of para-hydroxylation sites is 1. The fourth-order valence-electron chi connectivity index (χ4n) is 1.43. The molecule has 1 unspecified atom stereocenters. The highest BCUT2D eigenvalue weighted by atomic mass is 32.2. The first-order valence-electron chi connectivity index (χ1n) is 5.48. The third-order valence-corrected chi connectivity index (χ3v) is 4.53. The lowest BCUT2D eigenvalue weighted by atomic mass is 10.3. The molecule has 0 aliphatic rings. The molecule has 0 amide bonds. The summed E-state index contributed by atoms with van der Waals surface area (Å²) in [6, 6.07) is 6.18. The third kappa shape index (κ3) is 2.81. The summed E-state index contributed by atoms with van der Waals surface area (Å²) in [4.78, 5) is 11.5. The van der Waals surface area contributed by atoms with Gasteiger partial charge in [-0.15, -0.1) is 0 Å². The summed E-state index contributed by atoms with van der Waals surface area (Å²) in [5.74, 6) is -0.544. The van der Waals surface area contributed by atoms with E-state index < -0.39 is 21.1 Å². The molecule has 1 aromatic rings. The number of rotatable bonds is 5. The van der Waals surface area contributed by atoms with Gasteiger partial charge in [0.15, 0.2) is 15.1 Å². The Morgan fingerprint density at radius 1 is 1.33 bits per heavy atom. The number of sulfone groups is 1. The van der Waals surface area contributed by atoms with Crippen molar-refractivity contribution >= 4 is 15.8 Å². The number of methoxy groups -OCH3 is 1. The molecule has 1 rings (SSSR count). The number of hydrogen-bond acceptors (Lipinski definition) is 5. The van der Waals surface area contributed by atoms with E-state index in [1.54, 1.807) is 19.1 Å². The lowest BCUT2D eigenvalue weighted by Crippen LogP contribution is -2.29. The number of carbonyl (C=O) groups is 1. The largest absolute Gasteiger partial charge is 0.495 e. The van der Waals surface area contributed by atoms with E-state index >= 15 is 0 Å². The van der Waals surface area contributed by atoms with E-state index in [1.165, 1.54) is 26.2 Å². The normalized spacial score (nSPS) is 12.8. The van der Waals surface area contributed by atoms with Crippen LogP contribution in [0.2, 0.25) is 0 Å². The van der Waals surface area contributed by atoms with Crippen LogP contribution >= 0.6 is 0 Å². The van der Waals surface area contributed by atoms with Gasteiger partial charge in [0.25, 0.3) is 0 Å². The zero-order valence-electron chi connectivity index (χ0n) is 10.5. The van der Waals surface area contributed by atoms with Crippen molar-refractivity contribution in [3.63, 3.8) is 0 Å². The standard InChI is InChI=1S/C12H16O5S/c1-4-17-12(13)9(2)18(14,15)11-8-6-5-7-10(11)16-3/h5-9H,4H2,1-3H3. The van der Waals surface area contributed by atoms with Gasteiger partial charge in [0.2, 0.25) is 0 Å². The molecule has 1 aromatic carbocycles. The maximum absolute atomic E-state index is 12.2. The van der Waals surface area contributed by atoms with Crippen molar-refractivity contribution in [3.8, 4) is 5.75 Å². The summed E-state index contributed by atoms with van der Waals surface area (Å²) >= 11 is 0. The predicted molar refractivity (Wildman–Crippen MR) is 66.3 cm³/mol. The van der Waals surface area contributed by atoms with E-state index in [0.29, 0.717) is 0 Å². The second-order valence-electron chi connectivity index (χ2n) is 3.59. The first kappa shape index (κ1) is 14.5. The summed E-state index contributed by atoms with van der Waals surface area (Å²) in [5, 5.41) is -1.26. The van der Waals surface area contributed by atoms with Crippen molar-refractivity contribution < 1.29 is 22.7 Å². The second-order valence-corrected chi connectivity index (χ2v) is 5.83. The van der Waals surface area contributed by atoms with Crippen LogP contribution in [0.25, 0.3) is 0 Å². The van der Waals surface area contributed by atoms with Crippen LogP contribution in [0.15, 0.2) is 29.2 Å². The first-order valence-corrected chi connectivity index (χ1v) is 7.03. The zero-order chi connectivity index (χ0) is 13.8. The van der Waals surface area contributed by atoms with Gasteiger partial charge in [-0.3, -0.25) is 4.79 Å². The van der Waals surface area contributed by atoms with Crippen molar-refractivity contribution in [2.24, 2.45) is 0 Å². The van der Waals surface area contributed by atoms with Gasteiger partial charge in [-0.05, 0) is 26.0 Å². The van der Waals surface area contributed by atoms with Crippen molar-refractivity contribution in [3.05, 3.63) is 24.3 Å². The number of hydrogen-bond donors (Lipinski definition) is 0. The molecule has 0 heterocycles. The Labute approximate surface area is 107 Å². The maximum atomic E-state index is 12.2. The van der Waals surface area contributed by atoms with Gasteiger partial charge in [-0.25, -0.2) is 8.42 Å². The number of carbonyl (C=O) groups excluding carboxylic acids is 1. The second kappa shape index (κ2) is 5.86. The van der Waals surface area contributed by atoms with Crippen molar-refractivity contribution in [2.45, 2.75) is 24.0 Å². The van der Waals surface area contributed by atoms with Crippen molar-refractivity contribution in [2.75, 3.05) is 13.7 Å². The van der Waals surface area contributed by atoms with Gasteiger partial charge >= 0.3 is 5.97 Å². The summed E-state index contributed by atoms with van der Waals surface area (Å²) in [7, 11) is -2.42. The summed E-state index contributed by atoms with van der Waals surface area (Å²) < 4.78 is 34.2. The highest BCUT2D eigenvalue weighted by Gasteiger charge is 2.32. The van der Waals surface area contributed by atoms with E-state index in [4.69, 9.17) is 9.47 Å². The van der Waals surface area contributed by atoms with E-state index in [0.717, 1.165) is 0 Å². The SMILES string of the molecule is CCOC(=O)C(C)S(=O)(=O)c1ccccc1OC. The smallest absolute Gasteiger partial charge is 0.324 e. The van der Waals surface area contributed by atoms with Crippen LogP contribution in [0.5, 0.6) is 5.75 Å². The summed E-state index contributed by atoms with van der Waals surface area (Å²) in [6.07, 6.45) is 0. The fraction of sp³-hybridized carbons (Fsp3) is 0.417. The average Bonchev–Trinajstić information content (AvgIpc) is 2.38. The number of esters is 1. The van der Waals surface area contributed by atoms with Crippen LogP contribution in [0.1, 0.15) is 13.8 Å². The Morgan fingerprint density at radius 3 is 2.50 bits per heavy atom. The topological polar surface area (TPSA) is 69.7 Å².